The van der Waals surface area contributed by atoms with Crippen LogP contribution in [0, 0.1) is 5.82 Å². The summed E-state index contributed by atoms with van der Waals surface area (Å²) in [7, 11) is 0. The highest BCUT2D eigenvalue weighted by atomic mass is 19.1. The molecule has 4 nitrogen and oxygen atoms in total. The van der Waals surface area contributed by atoms with Gasteiger partial charge in [-0.3, -0.25) is 0 Å². The van der Waals surface area contributed by atoms with Crippen LogP contribution in [0.4, 0.5) is 14.9 Å². The Morgan fingerprint density at radius 2 is 1.79 bits per heavy atom. The van der Waals surface area contributed by atoms with Crippen LogP contribution in [0.15, 0.2) is 48.5 Å². The SMILES string of the molecule is CCOc1ccc(NC(=O)NCC2(c3ccc(F)cc3)CC2)cc1. The zero-order chi connectivity index (χ0) is 17.0. The molecule has 0 spiro atoms. The second-order valence-corrected chi connectivity index (χ2v) is 6.05. The number of urea groups is 1. The number of carbonyl (C=O) groups excluding carboxylic acids is 1. The highest BCUT2D eigenvalue weighted by Crippen LogP contribution is 2.47. The summed E-state index contributed by atoms with van der Waals surface area (Å²) in [5, 5.41) is 5.72. The van der Waals surface area contributed by atoms with Crippen molar-refractivity contribution < 1.29 is 13.9 Å². The second kappa shape index (κ2) is 6.91. The molecule has 0 heterocycles. The largest absolute Gasteiger partial charge is 0.494 e. The lowest BCUT2D eigenvalue weighted by Gasteiger charge is -2.17. The molecule has 0 bridgehead atoms. The van der Waals surface area contributed by atoms with Gasteiger partial charge in [0.1, 0.15) is 11.6 Å². The number of amides is 2. The van der Waals surface area contributed by atoms with Gasteiger partial charge < -0.3 is 15.4 Å². The van der Waals surface area contributed by atoms with E-state index in [2.05, 4.69) is 10.6 Å². The van der Waals surface area contributed by atoms with Crippen molar-refractivity contribution in [2.45, 2.75) is 25.2 Å². The molecule has 2 N–H and O–H groups in total. The fourth-order valence-electron chi connectivity index (χ4n) is 2.75. The molecule has 24 heavy (non-hydrogen) atoms. The molecular weight excluding hydrogens is 307 g/mol. The average molecular weight is 328 g/mol. The first-order chi connectivity index (χ1) is 11.6. The van der Waals surface area contributed by atoms with E-state index in [-0.39, 0.29) is 17.3 Å². The number of hydrogen-bond donors (Lipinski definition) is 2. The van der Waals surface area contributed by atoms with Crippen LogP contribution in [0.25, 0.3) is 0 Å². The van der Waals surface area contributed by atoms with Crippen molar-refractivity contribution in [1.82, 2.24) is 5.32 Å². The van der Waals surface area contributed by atoms with Crippen LogP contribution >= 0.6 is 0 Å². The molecular formula is C19H21FN2O2. The highest BCUT2D eigenvalue weighted by Gasteiger charge is 2.44. The van der Waals surface area contributed by atoms with Crippen LogP contribution in [0.5, 0.6) is 5.75 Å². The maximum atomic E-state index is 13.0. The van der Waals surface area contributed by atoms with Crippen LogP contribution in [-0.4, -0.2) is 19.2 Å². The third-order valence-corrected chi connectivity index (χ3v) is 4.32. The number of carbonyl (C=O) groups is 1. The minimum atomic E-state index is -0.243. The molecule has 5 heteroatoms. The summed E-state index contributed by atoms with van der Waals surface area (Å²) >= 11 is 0. The van der Waals surface area contributed by atoms with Crippen LogP contribution < -0.4 is 15.4 Å². The first-order valence-corrected chi connectivity index (χ1v) is 8.15. The average Bonchev–Trinajstić information content (AvgIpc) is 3.37. The van der Waals surface area contributed by atoms with E-state index in [0.29, 0.717) is 18.8 Å². The van der Waals surface area contributed by atoms with Crippen molar-refractivity contribution in [2.24, 2.45) is 0 Å². The van der Waals surface area contributed by atoms with E-state index in [1.54, 1.807) is 24.3 Å². The zero-order valence-corrected chi connectivity index (χ0v) is 13.6. The Kier molecular flexibility index (Phi) is 4.69. The summed E-state index contributed by atoms with van der Waals surface area (Å²) in [6.45, 7) is 3.08. The normalized spacial score (nSPS) is 14.8. The van der Waals surface area contributed by atoms with Crippen molar-refractivity contribution in [3.8, 4) is 5.75 Å². The Morgan fingerprint density at radius 3 is 2.38 bits per heavy atom. The Labute approximate surface area is 141 Å². The van der Waals surface area contributed by atoms with Crippen LogP contribution in [0.3, 0.4) is 0 Å². The summed E-state index contributed by atoms with van der Waals surface area (Å²) < 4.78 is 18.4. The molecule has 0 aromatic heterocycles. The minimum Gasteiger partial charge on any atom is -0.494 e. The molecule has 2 amide bonds. The van der Waals surface area contributed by atoms with Crippen molar-refractivity contribution in [3.63, 3.8) is 0 Å². The summed E-state index contributed by atoms with van der Waals surface area (Å²) in [6, 6.07) is 13.5. The number of ether oxygens (including phenoxy) is 1. The van der Waals surface area contributed by atoms with Gasteiger partial charge >= 0.3 is 6.03 Å². The molecule has 2 aromatic carbocycles. The van der Waals surface area contributed by atoms with Crippen LogP contribution in [0.1, 0.15) is 25.3 Å². The van der Waals surface area contributed by atoms with Crippen molar-refractivity contribution >= 4 is 11.7 Å². The number of rotatable bonds is 6. The lowest BCUT2D eigenvalue weighted by molar-refractivity contribution is 0.251. The standard InChI is InChI=1S/C19H21FN2O2/c1-2-24-17-9-7-16(8-10-17)22-18(23)21-13-19(11-12-19)14-3-5-15(20)6-4-14/h3-10H,2,11-13H2,1H3,(H2,21,22,23). The molecule has 1 aliphatic carbocycles. The molecule has 0 saturated heterocycles. The molecule has 0 unspecified atom stereocenters. The van der Waals surface area contributed by atoms with Crippen LogP contribution in [0.2, 0.25) is 0 Å². The minimum absolute atomic E-state index is 0.0517. The maximum absolute atomic E-state index is 13.0. The molecule has 1 saturated carbocycles. The van der Waals surface area contributed by atoms with E-state index in [4.69, 9.17) is 4.74 Å². The fraction of sp³-hybridized carbons (Fsp3) is 0.316. The first kappa shape index (κ1) is 16.3. The van der Waals surface area contributed by atoms with Gasteiger partial charge in [-0.25, -0.2) is 9.18 Å². The predicted octanol–water partition coefficient (Wildman–Crippen LogP) is 4.08. The highest BCUT2D eigenvalue weighted by molar-refractivity contribution is 5.89. The lowest BCUT2D eigenvalue weighted by atomic mass is 9.96. The van der Waals surface area contributed by atoms with E-state index in [0.717, 1.165) is 24.2 Å². The zero-order valence-electron chi connectivity index (χ0n) is 13.6. The van der Waals surface area contributed by atoms with E-state index in [9.17, 15) is 9.18 Å². The summed E-state index contributed by atoms with van der Waals surface area (Å²) in [6.07, 6.45) is 2.00. The second-order valence-electron chi connectivity index (χ2n) is 6.05. The third kappa shape index (κ3) is 3.85. The Morgan fingerprint density at radius 1 is 1.12 bits per heavy atom. The number of benzene rings is 2. The molecule has 1 fully saturated rings. The monoisotopic (exact) mass is 328 g/mol. The van der Waals surface area contributed by atoms with Crippen molar-refractivity contribution in [3.05, 3.63) is 59.9 Å². The van der Waals surface area contributed by atoms with Gasteiger partial charge in [-0.05, 0) is 61.7 Å². The lowest BCUT2D eigenvalue weighted by Crippen LogP contribution is -2.35. The number of anilines is 1. The molecule has 0 aliphatic heterocycles. The van der Waals surface area contributed by atoms with Crippen LogP contribution in [-0.2, 0) is 5.41 Å². The van der Waals surface area contributed by atoms with E-state index >= 15 is 0 Å². The van der Waals surface area contributed by atoms with Gasteiger partial charge in [-0.1, -0.05) is 12.1 Å². The summed E-state index contributed by atoms with van der Waals surface area (Å²) in [5.74, 6) is 0.535. The Balaban J connectivity index is 1.53. The Hall–Kier alpha value is -2.56. The summed E-state index contributed by atoms with van der Waals surface area (Å²) in [4.78, 5) is 12.1. The Bertz CT molecular complexity index is 694. The third-order valence-electron chi connectivity index (χ3n) is 4.32. The van der Waals surface area contributed by atoms with Gasteiger partial charge in [0.05, 0.1) is 6.61 Å². The predicted molar refractivity (Wildman–Crippen MR) is 91.9 cm³/mol. The van der Waals surface area contributed by atoms with Gasteiger partial charge in [-0.15, -0.1) is 0 Å². The van der Waals surface area contributed by atoms with Crippen molar-refractivity contribution in [1.29, 1.82) is 0 Å². The van der Waals surface area contributed by atoms with Gasteiger partial charge in [-0.2, -0.15) is 0 Å². The molecule has 0 radical (unpaired) electrons. The van der Waals surface area contributed by atoms with Gasteiger partial charge in [0, 0.05) is 17.6 Å². The smallest absolute Gasteiger partial charge is 0.319 e. The number of hydrogen-bond acceptors (Lipinski definition) is 2. The van der Waals surface area contributed by atoms with E-state index < -0.39 is 0 Å². The van der Waals surface area contributed by atoms with E-state index in [1.165, 1.54) is 12.1 Å². The molecule has 0 atom stereocenters. The first-order valence-electron chi connectivity index (χ1n) is 8.15. The maximum Gasteiger partial charge on any atom is 0.319 e. The topological polar surface area (TPSA) is 50.4 Å². The quantitative estimate of drug-likeness (QED) is 0.839. The number of halogens is 1. The summed E-state index contributed by atoms with van der Waals surface area (Å²) in [5.41, 5.74) is 1.73. The molecule has 126 valence electrons. The molecule has 2 aromatic rings. The van der Waals surface area contributed by atoms with Crippen molar-refractivity contribution in [2.75, 3.05) is 18.5 Å². The number of nitrogens with one attached hydrogen (secondary N) is 2. The van der Waals surface area contributed by atoms with Gasteiger partial charge in [0.15, 0.2) is 0 Å². The molecule has 3 rings (SSSR count). The molecule has 1 aliphatic rings. The van der Waals surface area contributed by atoms with Gasteiger partial charge in [0.2, 0.25) is 0 Å². The van der Waals surface area contributed by atoms with E-state index in [1.807, 2.05) is 19.1 Å². The van der Waals surface area contributed by atoms with Gasteiger partial charge in [0.25, 0.3) is 0 Å². The fourth-order valence-corrected chi connectivity index (χ4v) is 2.75.